The van der Waals surface area contributed by atoms with Crippen LogP contribution in [0.25, 0.3) is 0 Å². The van der Waals surface area contributed by atoms with Crippen molar-refractivity contribution in [2.24, 2.45) is 5.10 Å². The van der Waals surface area contributed by atoms with Gasteiger partial charge in [0.25, 0.3) is 5.91 Å². The van der Waals surface area contributed by atoms with Gasteiger partial charge in [0, 0.05) is 17.3 Å². The van der Waals surface area contributed by atoms with Crippen molar-refractivity contribution >= 4 is 41.2 Å². The van der Waals surface area contributed by atoms with Crippen LogP contribution in [0.1, 0.15) is 36.5 Å². The third-order valence-corrected chi connectivity index (χ3v) is 5.26. The van der Waals surface area contributed by atoms with Gasteiger partial charge in [-0.2, -0.15) is 5.10 Å². The second-order valence-corrected chi connectivity index (χ2v) is 8.63. The van der Waals surface area contributed by atoms with Gasteiger partial charge in [0.2, 0.25) is 0 Å². The number of halogens is 1. The molecule has 0 radical (unpaired) electrons. The first-order chi connectivity index (χ1) is 17.3. The zero-order chi connectivity index (χ0) is 25.9. The number of hydrogen-bond acceptors (Lipinski definition) is 5. The standard InChI is InChI=1S/C27H27ClN4O4/c1-18(2)21-11-9-19(10-12-21)15-29-26(34)27(35)32-30-16-20-5-3-8-24(13-20)36-17-25(33)31-23-7-4-6-22(28)14-23/h3-14,16,18H,15,17H2,1-2H3,(H,29,34)(H,31,33)(H,32,35)/b30-16-. The smallest absolute Gasteiger partial charge is 0.329 e. The molecular weight excluding hydrogens is 480 g/mol. The molecule has 186 valence electrons. The lowest BCUT2D eigenvalue weighted by Gasteiger charge is -2.08. The van der Waals surface area contributed by atoms with Gasteiger partial charge in [0.05, 0.1) is 6.21 Å². The van der Waals surface area contributed by atoms with Gasteiger partial charge in [0.15, 0.2) is 6.61 Å². The zero-order valence-corrected chi connectivity index (χ0v) is 20.7. The van der Waals surface area contributed by atoms with Crippen LogP contribution in [0.4, 0.5) is 5.69 Å². The highest BCUT2D eigenvalue weighted by Crippen LogP contribution is 2.16. The van der Waals surface area contributed by atoms with E-state index < -0.39 is 11.8 Å². The van der Waals surface area contributed by atoms with E-state index in [9.17, 15) is 14.4 Å². The number of carbonyl (C=O) groups is 3. The molecule has 8 nitrogen and oxygen atoms in total. The molecule has 0 saturated carbocycles. The van der Waals surface area contributed by atoms with E-state index in [1.165, 1.54) is 11.8 Å². The number of ether oxygens (including phenoxy) is 1. The fraction of sp³-hybridized carbons (Fsp3) is 0.185. The Bertz CT molecular complexity index is 1240. The van der Waals surface area contributed by atoms with Crippen LogP contribution in [0.2, 0.25) is 5.02 Å². The quantitative estimate of drug-likeness (QED) is 0.229. The van der Waals surface area contributed by atoms with Gasteiger partial charge in [-0.1, -0.05) is 67.9 Å². The number of anilines is 1. The maximum Gasteiger partial charge on any atom is 0.329 e. The second kappa shape index (κ2) is 13.1. The zero-order valence-electron chi connectivity index (χ0n) is 20.0. The summed E-state index contributed by atoms with van der Waals surface area (Å²) >= 11 is 5.91. The highest BCUT2D eigenvalue weighted by atomic mass is 35.5. The normalized spacial score (nSPS) is 10.8. The van der Waals surface area contributed by atoms with E-state index in [1.54, 1.807) is 48.5 Å². The van der Waals surface area contributed by atoms with Crippen LogP contribution in [0.15, 0.2) is 77.9 Å². The van der Waals surface area contributed by atoms with E-state index in [2.05, 4.69) is 35.0 Å². The molecule has 0 aliphatic heterocycles. The van der Waals surface area contributed by atoms with Crippen molar-refractivity contribution in [1.82, 2.24) is 10.7 Å². The summed E-state index contributed by atoms with van der Waals surface area (Å²) < 4.78 is 5.51. The summed E-state index contributed by atoms with van der Waals surface area (Å²) in [5, 5.41) is 9.59. The minimum Gasteiger partial charge on any atom is -0.484 e. The van der Waals surface area contributed by atoms with E-state index >= 15 is 0 Å². The molecule has 0 unspecified atom stereocenters. The van der Waals surface area contributed by atoms with Crippen LogP contribution in [-0.4, -0.2) is 30.5 Å². The molecule has 0 bridgehead atoms. The Labute approximate surface area is 214 Å². The highest BCUT2D eigenvalue weighted by molar-refractivity contribution is 6.35. The molecule has 0 fully saturated rings. The maximum absolute atomic E-state index is 12.1. The van der Waals surface area contributed by atoms with Crippen LogP contribution >= 0.6 is 11.6 Å². The van der Waals surface area contributed by atoms with Gasteiger partial charge >= 0.3 is 11.8 Å². The fourth-order valence-corrected chi connectivity index (χ4v) is 3.29. The van der Waals surface area contributed by atoms with Crippen molar-refractivity contribution in [3.8, 4) is 5.75 Å². The van der Waals surface area contributed by atoms with Crippen molar-refractivity contribution in [2.75, 3.05) is 11.9 Å². The molecule has 0 aromatic heterocycles. The molecule has 9 heteroatoms. The van der Waals surface area contributed by atoms with E-state index in [4.69, 9.17) is 16.3 Å². The summed E-state index contributed by atoms with van der Waals surface area (Å²) in [6.07, 6.45) is 1.37. The molecule has 0 atom stereocenters. The molecule has 0 aliphatic carbocycles. The van der Waals surface area contributed by atoms with Gasteiger partial charge in [-0.3, -0.25) is 14.4 Å². The number of hydrogen-bond donors (Lipinski definition) is 3. The molecule has 3 amide bonds. The predicted octanol–water partition coefficient (Wildman–Crippen LogP) is 4.25. The molecule has 0 spiro atoms. The fourth-order valence-electron chi connectivity index (χ4n) is 3.10. The largest absolute Gasteiger partial charge is 0.484 e. The van der Waals surface area contributed by atoms with Crippen LogP contribution in [0.5, 0.6) is 5.75 Å². The number of hydrazone groups is 1. The third kappa shape index (κ3) is 8.56. The van der Waals surface area contributed by atoms with Crippen LogP contribution in [-0.2, 0) is 20.9 Å². The van der Waals surface area contributed by atoms with Gasteiger partial charge in [-0.15, -0.1) is 0 Å². The Morgan fingerprint density at radius 2 is 1.72 bits per heavy atom. The first-order valence-electron chi connectivity index (χ1n) is 11.3. The number of nitrogens with zero attached hydrogens (tertiary/aromatic N) is 1. The second-order valence-electron chi connectivity index (χ2n) is 8.20. The summed E-state index contributed by atoms with van der Waals surface area (Å²) in [6.45, 7) is 4.24. The van der Waals surface area contributed by atoms with Crippen molar-refractivity contribution < 1.29 is 19.1 Å². The van der Waals surface area contributed by atoms with Crippen molar-refractivity contribution in [3.63, 3.8) is 0 Å². The van der Waals surface area contributed by atoms with E-state index in [0.717, 1.165) is 5.56 Å². The minimum absolute atomic E-state index is 0.204. The summed E-state index contributed by atoms with van der Waals surface area (Å²) in [5.41, 5.74) is 5.46. The number of rotatable bonds is 9. The molecule has 0 heterocycles. The Hall–Kier alpha value is -4.17. The Balaban J connectivity index is 1.43. The number of nitrogens with one attached hydrogen (secondary N) is 3. The molecule has 36 heavy (non-hydrogen) atoms. The predicted molar refractivity (Wildman–Crippen MR) is 140 cm³/mol. The van der Waals surface area contributed by atoms with Gasteiger partial charge in [-0.25, -0.2) is 5.43 Å². The van der Waals surface area contributed by atoms with E-state index in [1.807, 2.05) is 24.3 Å². The minimum atomic E-state index is -0.879. The lowest BCUT2D eigenvalue weighted by molar-refractivity contribution is -0.139. The number of carbonyl (C=O) groups excluding carboxylic acids is 3. The summed E-state index contributed by atoms with van der Waals surface area (Å²) in [6, 6.07) is 21.4. The molecule has 3 aromatic carbocycles. The van der Waals surface area contributed by atoms with Crippen LogP contribution < -0.4 is 20.8 Å². The third-order valence-electron chi connectivity index (χ3n) is 5.02. The Kier molecular flexibility index (Phi) is 9.59. The van der Waals surface area contributed by atoms with Crippen molar-refractivity contribution in [2.45, 2.75) is 26.3 Å². The van der Waals surface area contributed by atoms with Gasteiger partial charge < -0.3 is 15.4 Å². The maximum atomic E-state index is 12.1. The van der Waals surface area contributed by atoms with Gasteiger partial charge in [-0.05, 0) is 52.9 Å². The van der Waals surface area contributed by atoms with E-state index in [0.29, 0.717) is 27.9 Å². The Morgan fingerprint density at radius 3 is 2.44 bits per heavy atom. The van der Waals surface area contributed by atoms with Crippen molar-refractivity contribution in [3.05, 3.63) is 94.5 Å². The Morgan fingerprint density at radius 1 is 0.972 bits per heavy atom. The summed E-state index contributed by atoms with van der Waals surface area (Å²) in [5.74, 6) is -1.15. The monoisotopic (exact) mass is 506 g/mol. The number of amides is 3. The average molecular weight is 507 g/mol. The topological polar surface area (TPSA) is 109 Å². The van der Waals surface area contributed by atoms with Crippen LogP contribution in [0, 0.1) is 0 Å². The average Bonchev–Trinajstić information content (AvgIpc) is 2.86. The molecule has 3 rings (SSSR count). The van der Waals surface area contributed by atoms with E-state index in [-0.39, 0.29) is 19.1 Å². The number of benzene rings is 3. The SMILES string of the molecule is CC(C)c1ccc(CNC(=O)C(=O)N/N=C\c2cccc(OCC(=O)Nc3cccc(Cl)c3)c2)cc1. The highest BCUT2D eigenvalue weighted by Gasteiger charge is 2.12. The van der Waals surface area contributed by atoms with Crippen LogP contribution in [0.3, 0.4) is 0 Å². The molecular formula is C27H27ClN4O4. The summed E-state index contributed by atoms with van der Waals surface area (Å²) in [4.78, 5) is 36.1. The van der Waals surface area contributed by atoms with Gasteiger partial charge in [0.1, 0.15) is 5.75 Å². The molecule has 0 aliphatic rings. The molecule has 0 saturated heterocycles. The molecule has 3 aromatic rings. The molecule has 3 N–H and O–H groups in total. The lowest BCUT2D eigenvalue weighted by Crippen LogP contribution is -2.37. The van der Waals surface area contributed by atoms with Crippen molar-refractivity contribution in [1.29, 1.82) is 0 Å². The summed E-state index contributed by atoms with van der Waals surface area (Å²) in [7, 11) is 0. The lowest BCUT2D eigenvalue weighted by atomic mass is 10.0. The first-order valence-corrected chi connectivity index (χ1v) is 11.7. The first kappa shape index (κ1) is 26.4.